The van der Waals surface area contributed by atoms with E-state index in [1.165, 1.54) is 4.90 Å². The van der Waals surface area contributed by atoms with Crippen LogP contribution >= 0.6 is 23.2 Å². The van der Waals surface area contributed by atoms with E-state index in [1.807, 2.05) is 20.8 Å². The van der Waals surface area contributed by atoms with Gasteiger partial charge >= 0.3 is 0 Å². The number of hydrogen-bond donors (Lipinski definition) is 1. The van der Waals surface area contributed by atoms with Crippen LogP contribution in [-0.2, 0) is 26.2 Å². The minimum Gasteiger partial charge on any atom is -0.352 e. The van der Waals surface area contributed by atoms with Gasteiger partial charge in [0, 0.05) is 28.2 Å². The van der Waals surface area contributed by atoms with E-state index >= 15 is 0 Å². The molecule has 2 amide bonds. The lowest BCUT2D eigenvalue weighted by atomic mass is 10.1. The Bertz CT molecular complexity index is 1100. The molecule has 0 spiro atoms. The SMILES string of the molecule is CC[C@H](C)NC(=O)[C@@H](C)N(Cc1c(Cl)cccc1Cl)C(=O)CN(c1ccc(C)cc1)S(C)(=O)=O. The highest BCUT2D eigenvalue weighted by molar-refractivity contribution is 7.92. The molecule has 0 radical (unpaired) electrons. The average molecular weight is 529 g/mol. The lowest BCUT2D eigenvalue weighted by molar-refractivity contribution is -0.139. The Kier molecular flexibility index (Phi) is 9.79. The Morgan fingerprint density at radius 3 is 2.09 bits per heavy atom. The molecule has 2 aromatic carbocycles. The standard InChI is InChI=1S/C24H31Cl2N3O4S/c1-6-17(3)27-24(31)18(4)28(14-20-21(25)8-7-9-22(20)26)23(30)15-29(34(5,32)33)19-12-10-16(2)11-13-19/h7-13,17-18H,6,14-15H2,1-5H3,(H,27,31)/t17-,18+/m0/s1. The van der Waals surface area contributed by atoms with E-state index in [9.17, 15) is 18.0 Å². The quantitative estimate of drug-likeness (QED) is 0.495. The molecule has 2 rings (SSSR count). The Morgan fingerprint density at radius 1 is 1.03 bits per heavy atom. The van der Waals surface area contributed by atoms with Crippen LogP contribution in [0.15, 0.2) is 42.5 Å². The number of nitrogens with zero attached hydrogens (tertiary/aromatic N) is 2. The molecule has 7 nitrogen and oxygen atoms in total. The minimum atomic E-state index is -3.78. The van der Waals surface area contributed by atoms with Crippen LogP contribution in [0, 0.1) is 6.92 Å². The molecule has 0 bridgehead atoms. The van der Waals surface area contributed by atoms with Crippen molar-refractivity contribution in [2.75, 3.05) is 17.1 Å². The fraction of sp³-hybridized carbons (Fsp3) is 0.417. The largest absolute Gasteiger partial charge is 0.352 e. The number of amides is 2. The van der Waals surface area contributed by atoms with Gasteiger partial charge in [-0.2, -0.15) is 0 Å². The van der Waals surface area contributed by atoms with Crippen LogP contribution in [0.25, 0.3) is 0 Å². The third kappa shape index (κ3) is 7.35. The molecule has 34 heavy (non-hydrogen) atoms. The summed E-state index contributed by atoms with van der Waals surface area (Å²) in [7, 11) is -3.78. The molecule has 0 unspecified atom stereocenters. The zero-order chi connectivity index (χ0) is 25.6. The van der Waals surface area contributed by atoms with Crippen molar-refractivity contribution in [3.63, 3.8) is 0 Å². The molecule has 0 saturated heterocycles. The fourth-order valence-corrected chi connectivity index (χ4v) is 4.59. The van der Waals surface area contributed by atoms with Crippen LogP contribution in [0.2, 0.25) is 10.0 Å². The Hall–Kier alpha value is -2.29. The van der Waals surface area contributed by atoms with Crippen LogP contribution in [0.3, 0.4) is 0 Å². The maximum absolute atomic E-state index is 13.5. The first kappa shape index (κ1) is 28.0. The van der Waals surface area contributed by atoms with Gasteiger partial charge < -0.3 is 10.2 Å². The van der Waals surface area contributed by atoms with Gasteiger partial charge in [-0.05, 0) is 51.5 Å². The summed E-state index contributed by atoms with van der Waals surface area (Å²) in [5.74, 6) is -0.916. The van der Waals surface area contributed by atoms with Gasteiger partial charge in [-0.15, -0.1) is 0 Å². The van der Waals surface area contributed by atoms with Crippen molar-refractivity contribution < 1.29 is 18.0 Å². The second-order valence-corrected chi connectivity index (χ2v) is 11.0. The van der Waals surface area contributed by atoms with Crippen molar-refractivity contribution in [2.24, 2.45) is 0 Å². The summed E-state index contributed by atoms with van der Waals surface area (Å²) in [6.45, 7) is 6.74. The first-order chi connectivity index (χ1) is 15.8. The summed E-state index contributed by atoms with van der Waals surface area (Å²) in [4.78, 5) is 27.7. The van der Waals surface area contributed by atoms with Crippen molar-refractivity contribution in [1.82, 2.24) is 10.2 Å². The second kappa shape index (κ2) is 11.9. The average Bonchev–Trinajstić information content (AvgIpc) is 2.76. The first-order valence-corrected chi connectivity index (χ1v) is 13.5. The molecule has 0 aliphatic carbocycles. The van der Waals surface area contributed by atoms with Gasteiger partial charge in [-0.1, -0.05) is 53.9 Å². The van der Waals surface area contributed by atoms with E-state index in [1.54, 1.807) is 49.4 Å². The number of benzene rings is 2. The van der Waals surface area contributed by atoms with Crippen molar-refractivity contribution >= 4 is 50.7 Å². The number of aryl methyl sites for hydroxylation is 1. The number of nitrogens with one attached hydrogen (secondary N) is 1. The lowest BCUT2D eigenvalue weighted by Gasteiger charge is -2.32. The van der Waals surface area contributed by atoms with Crippen molar-refractivity contribution in [1.29, 1.82) is 0 Å². The predicted octanol–water partition coefficient (Wildman–Crippen LogP) is 4.40. The third-order valence-corrected chi connectivity index (χ3v) is 7.41. The van der Waals surface area contributed by atoms with Gasteiger partial charge in [0.05, 0.1) is 11.9 Å². The third-order valence-electron chi connectivity index (χ3n) is 5.56. The smallest absolute Gasteiger partial charge is 0.244 e. The Morgan fingerprint density at radius 2 is 1.59 bits per heavy atom. The number of hydrogen-bond acceptors (Lipinski definition) is 4. The topological polar surface area (TPSA) is 86.8 Å². The number of sulfonamides is 1. The highest BCUT2D eigenvalue weighted by atomic mass is 35.5. The van der Waals surface area contributed by atoms with E-state index in [2.05, 4.69) is 5.32 Å². The predicted molar refractivity (Wildman–Crippen MR) is 138 cm³/mol. The number of anilines is 1. The highest BCUT2D eigenvalue weighted by Crippen LogP contribution is 2.27. The molecule has 0 aromatic heterocycles. The van der Waals surface area contributed by atoms with Crippen molar-refractivity contribution in [3.8, 4) is 0 Å². The number of rotatable bonds is 10. The van der Waals surface area contributed by atoms with Crippen LogP contribution in [0.1, 0.15) is 38.3 Å². The minimum absolute atomic E-state index is 0.0576. The molecule has 2 aromatic rings. The molecular weight excluding hydrogens is 497 g/mol. The maximum Gasteiger partial charge on any atom is 0.244 e. The van der Waals surface area contributed by atoms with Crippen LogP contribution in [0.4, 0.5) is 5.69 Å². The lowest BCUT2D eigenvalue weighted by Crippen LogP contribution is -2.52. The van der Waals surface area contributed by atoms with Gasteiger partial charge in [-0.25, -0.2) is 8.42 Å². The summed E-state index contributed by atoms with van der Waals surface area (Å²) in [6.07, 6.45) is 1.76. The van der Waals surface area contributed by atoms with Gasteiger partial charge in [0.2, 0.25) is 21.8 Å². The van der Waals surface area contributed by atoms with E-state index in [4.69, 9.17) is 23.2 Å². The molecule has 0 saturated carbocycles. The Labute approximate surface area is 212 Å². The van der Waals surface area contributed by atoms with Crippen LogP contribution in [-0.4, -0.2) is 50.0 Å². The molecule has 10 heteroatoms. The van der Waals surface area contributed by atoms with E-state index in [0.29, 0.717) is 21.3 Å². The van der Waals surface area contributed by atoms with Crippen molar-refractivity contribution in [3.05, 3.63) is 63.6 Å². The molecule has 0 fully saturated rings. The molecule has 2 atom stereocenters. The van der Waals surface area contributed by atoms with Gasteiger partial charge in [-0.3, -0.25) is 13.9 Å². The summed E-state index contributed by atoms with van der Waals surface area (Å²) in [5.41, 5.74) is 1.78. The number of carbonyl (C=O) groups is 2. The molecule has 0 aliphatic heterocycles. The summed E-state index contributed by atoms with van der Waals surface area (Å²) in [6, 6.07) is 10.8. The van der Waals surface area contributed by atoms with Gasteiger partial charge in [0.15, 0.2) is 0 Å². The number of halogens is 2. The van der Waals surface area contributed by atoms with Crippen LogP contribution in [0.5, 0.6) is 0 Å². The van der Waals surface area contributed by atoms with Crippen molar-refractivity contribution in [2.45, 2.75) is 52.7 Å². The summed E-state index contributed by atoms with van der Waals surface area (Å²) >= 11 is 12.7. The second-order valence-electron chi connectivity index (χ2n) is 8.32. The molecule has 0 heterocycles. The summed E-state index contributed by atoms with van der Waals surface area (Å²) in [5, 5.41) is 3.56. The van der Waals surface area contributed by atoms with Crippen LogP contribution < -0.4 is 9.62 Å². The van der Waals surface area contributed by atoms with Gasteiger partial charge in [0.1, 0.15) is 12.6 Å². The van der Waals surface area contributed by atoms with E-state index in [0.717, 1.165) is 22.5 Å². The first-order valence-electron chi connectivity index (χ1n) is 10.9. The number of carbonyl (C=O) groups excluding carboxylic acids is 2. The normalized spacial score (nSPS) is 13.1. The zero-order valence-corrected chi connectivity index (χ0v) is 22.3. The maximum atomic E-state index is 13.5. The van der Waals surface area contributed by atoms with E-state index < -0.39 is 28.5 Å². The monoisotopic (exact) mass is 527 g/mol. The fourth-order valence-electron chi connectivity index (χ4n) is 3.23. The Balaban J connectivity index is 2.43. The molecule has 186 valence electrons. The zero-order valence-electron chi connectivity index (χ0n) is 20.0. The summed E-state index contributed by atoms with van der Waals surface area (Å²) < 4.78 is 26.1. The molecular formula is C24H31Cl2N3O4S. The molecule has 1 N–H and O–H groups in total. The molecule has 0 aliphatic rings. The highest BCUT2D eigenvalue weighted by Gasteiger charge is 2.31. The van der Waals surface area contributed by atoms with Gasteiger partial charge in [0.25, 0.3) is 0 Å². The van der Waals surface area contributed by atoms with E-state index in [-0.39, 0.29) is 18.5 Å².